The van der Waals surface area contributed by atoms with Crippen LogP contribution in [-0.2, 0) is 0 Å². The van der Waals surface area contributed by atoms with Gasteiger partial charge in [0.2, 0.25) is 0 Å². The summed E-state index contributed by atoms with van der Waals surface area (Å²) in [4.78, 5) is 4.18. The van der Waals surface area contributed by atoms with E-state index < -0.39 is 12.4 Å². The smallest absolute Gasteiger partial charge is 0.445 e. The van der Waals surface area contributed by atoms with Crippen molar-refractivity contribution in [1.82, 2.24) is 9.80 Å². The van der Waals surface area contributed by atoms with Crippen molar-refractivity contribution in [3.63, 3.8) is 0 Å². The van der Waals surface area contributed by atoms with Gasteiger partial charge < -0.3 is 12.9 Å². The molecule has 1 saturated heterocycles. The average Bonchev–Trinajstić information content (AvgIpc) is 2.27. The van der Waals surface area contributed by atoms with Gasteiger partial charge in [-0.2, -0.15) is 0 Å². The molecule has 7 heteroatoms. The summed E-state index contributed by atoms with van der Waals surface area (Å²) in [6.45, 7) is 5.64. The van der Waals surface area contributed by atoms with E-state index in [9.17, 15) is 12.9 Å². The number of rotatable bonds is 5. The zero-order valence-electron chi connectivity index (χ0n) is 11.6. The second kappa shape index (κ2) is 8.44. The molecule has 1 aliphatic rings. The fourth-order valence-electron chi connectivity index (χ4n) is 2.01. The zero-order valence-corrected chi connectivity index (χ0v) is 14.8. The van der Waals surface area contributed by atoms with Crippen LogP contribution in [0, 0.1) is 0 Å². The quantitative estimate of drug-likeness (QED) is 0.620. The van der Waals surface area contributed by atoms with E-state index >= 15 is 0 Å². The Hall–Kier alpha value is 1.15. The third-order valence-corrected chi connectivity index (χ3v) is 3.51. The number of nitrogens with zero attached hydrogens (tertiary/aromatic N) is 2. The molecule has 0 spiro atoms. The van der Waals surface area contributed by atoms with Crippen molar-refractivity contribution in [2.45, 2.75) is 26.3 Å². The fourth-order valence-corrected chi connectivity index (χ4v) is 2.01. The second-order valence-electron chi connectivity index (χ2n) is 4.80. The summed E-state index contributed by atoms with van der Waals surface area (Å²) in [6, 6.07) is 0.521. The summed E-state index contributed by atoms with van der Waals surface area (Å²) in [7, 11) is 0. The van der Waals surface area contributed by atoms with Gasteiger partial charge in [-0.15, -0.1) is 12.1 Å². The summed E-state index contributed by atoms with van der Waals surface area (Å²) in [5, 5.41) is 0. The molecule has 0 N–H and O–H groups in total. The zero-order chi connectivity index (χ0) is 13.1. The van der Waals surface area contributed by atoms with Gasteiger partial charge in [0.1, 0.15) is 0 Å². The van der Waals surface area contributed by atoms with Crippen LogP contribution in [0.1, 0.15) is 20.3 Å². The molecule has 0 aromatic rings. The molecule has 1 heterocycles. The third-order valence-electron chi connectivity index (χ3n) is 3.51. The van der Waals surface area contributed by atoms with Gasteiger partial charge in [0.25, 0.3) is 0 Å². The molecule has 1 rings (SSSR count). The van der Waals surface area contributed by atoms with Gasteiger partial charge in [0.05, 0.1) is 0 Å². The first-order chi connectivity index (χ1) is 7.84. The van der Waals surface area contributed by atoms with Gasteiger partial charge >= 0.3 is 58.4 Å². The summed E-state index contributed by atoms with van der Waals surface area (Å²) in [6.07, 6.45) is 1.08. The van der Waals surface area contributed by atoms with E-state index in [1.165, 1.54) is 0 Å². The minimum Gasteiger partial charge on any atom is -0.445 e. The Morgan fingerprint density at radius 3 is 2.11 bits per heavy atom. The van der Waals surface area contributed by atoms with Crippen molar-refractivity contribution in [3.8, 4) is 0 Å². The summed E-state index contributed by atoms with van der Waals surface area (Å²) in [5.41, 5.74) is -0.581. The first-order valence-electron chi connectivity index (χ1n) is 6.18. The molecule has 18 heavy (non-hydrogen) atoms. The first kappa shape index (κ1) is 19.2. The Morgan fingerprint density at radius 2 is 1.72 bits per heavy atom. The molecule has 1 aliphatic heterocycles. The summed E-state index contributed by atoms with van der Waals surface area (Å²) >= 11 is 0. The Kier molecular flexibility index (Phi) is 8.98. The first-order valence-corrected chi connectivity index (χ1v) is 6.18. The van der Waals surface area contributed by atoms with Crippen LogP contribution < -0.4 is 51.4 Å². The van der Waals surface area contributed by atoms with E-state index in [1.54, 1.807) is 0 Å². The summed E-state index contributed by atoms with van der Waals surface area (Å²) < 4.78 is 37.2. The molecule has 100 valence electrons. The Labute approximate surface area is 150 Å². The molecular weight excluding hydrogens is 267 g/mol. The molecule has 1 unspecified atom stereocenters. The van der Waals surface area contributed by atoms with Crippen LogP contribution in [0.2, 0.25) is 0 Å². The normalized spacial score (nSPS) is 20.3. The molecule has 2 nitrogen and oxygen atoms in total. The maximum atomic E-state index is 12.4. The molecular formula is C11H21BF3KN2. The second-order valence-corrected chi connectivity index (χ2v) is 4.80. The number of halogens is 3. The predicted octanol–water partition coefficient (Wildman–Crippen LogP) is -0.651. The van der Waals surface area contributed by atoms with Crippen LogP contribution in [0.15, 0.2) is 12.1 Å². The SMILES string of the molecule is C=C(CN1CCN(C(C)CC)CC1)[B-](F)(F)F.[K+]. The van der Waals surface area contributed by atoms with E-state index in [-0.39, 0.29) is 57.9 Å². The molecule has 1 fully saturated rings. The van der Waals surface area contributed by atoms with E-state index in [1.807, 2.05) is 4.90 Å². The Bertz CT molecular complexity index is 266. The average molecular weight is 288 g/mol. The predicted molar refractivity (Wildman–Crippen MR) is 66.0 cm³/mol. The maximum Gasteiger partial charge on any atom is 1.00 e. The van der Waals surface area contributed by atoms with Crippen molar-refractivity contribution in [2.24, 2.45) is 0 Å². The molecule has 0 aliphatic carbocycles. The van der Waals surface area contributed by atoms with Crippen molar-refractivity contribution in [2.75, 3.05) is 32.7 Å². The van der Waals surface area contributed by atoms with Crippen LogP contribution in [0.5, 0.6) is 0 Å². The van der Waals surface area contributed by atoms with E-state index in [0.717, 1.165) is 19.5 Å². The van der Waals surface area contributed by atoms with Gasteiger partial charge in [-0.25, -0.2) is 0 Å². The summed E-state index contributed by atoms with van der Waals surface area (Å²) in [5.74, 6) is 0. The van der Waals surface area contributed by atoms with E-state index in [4.69, 9.17) is 0 Å². The van der Waals surface area contributed by atoms with Crippen LogP contribution >= 0.6 is 0 Å². The van der Waals surface area contributed by atoms with Gasteiger partial charge in [-0.1, -0.05) is 6.92 Å². The van der Waals surface area contributed by atoms with Gasteiger partial charge in [-0.05, 0) is 19.9 Å². The van der Waals surface area contributed by atoms with Gasteiger partial charge in [0.15, 0.2) is 0 Å². The molecule has 0 aromatic carbocycles. The van der Waals surface area contributed by atoms with Crippen molar-refractivity contribution >= 4 is 6.98 Å². The van der Waals surface area contributed by atoms with Crippen molar-refractivity contribution in [1.29, 1.82) is 0 Å². The Balaban J connectivity index is 0.00000289. The standard InChI is InChI=1S/C11H21BF3N2.K/c1-4-11(3)17-7-5-16(6-8-17)9-10(2)12(13,14)15;/h11H,2,4-9H2,1,3H3;/q-1;+1. The molecule has 0 bridgehead atoms. The van der Waals surface area contributed by atoms with Crippen molar-refractivity contribution in [3.05, 3.63) is 12.1 Å². The molecule has 0 radical (unpaired) electrons. The van der Waals surface area contributed by atoms with Gasteiger partial charge in [0, 0.05) is 32.2 Å². The van der Waals surface area contributed by atoms with Gasteiger partial charge in [-0.3, -0.25) is 9.80 Å². The number of piperazine rings is 1. The third kappa shape index (κ3) is 6.07. The van der Waals surface area contributed by atoms with Crippen molar-refractivity contribution < 1.29 is 64.3 Å². The molecule has 1 atom stereocenters. The van der Waals surface area contributed by atoms with Crippen LogP contribution in [0.3, 0.4) is 0 Å². The van der Waals surface area contributed by atoms with E-state index in [2.05, 4.69) is 25.3 Å². The maximum absolute atomic E-state index is 12.4. The fraction of sp³-hybridized carbons (Fsp3) is 0.818. The number of hydrogen-bond acceptors (Lipinski definition) is 2. The number of hydrogen-bond donors (Lipinski definition) is 0. The minimum atomic E-state index is -4.88. The molecule has 0 saturated carbocycles. The largest absolute Gasteiger partial charge is 1.00 e. The molecule has 0 aromatic heterocycles. The minimum absolute atomic E-state index is 0. The van der Waals surface area contributed by atoms with Crippen LogP contribution in [-0.4, -0.2) is 55.5 Å². The van der Waals surface area contributed by atoms with Crippen LogP contribution in [0.25, 0.3) is 0 Å². The topological polar surface area (TPSA) is 6.48 Å². The monoisotopic (exact) mass is 288 g/mol. The molecule has 0 amide bonds. The Morgan fingerprint density at radius 1 is 1.22 bits per heavy atom. The van der Waals surface area contributed by atoms with Crippen LogP contribution in [0.4, 0.5) is 12.9 Å². The van der Waals surface area contributed by atoms with E-state index in [0.29, 0.717) is 19.1 Å².